The highest BCUT2D eigenvalue weighted by molar-refractivity contribution is 5.84. The van der Waals surface area contributed by atoms with Crippen molar-refractivity contribution in [3.8, 4) is 0 Å². The minimum atomic E-state index is -0.182. The summed E-state index contributed by atoms with van der Waals surface area (Å²) in [5.41, 5.74) is 6.14. The van der Waals surface area contributed by atoms with Crippen molar-refractivity contribution >= 4 is 5.91 Å². The first kappa shape index (κ1) is 13.9. The molecule has 2 aliphatic rings. The summed E-state index contributed by atoms with van der Waals surface area (Å²) in [4.78, 5) is 14.7. The number of hydrogen-bond donors (Lipinski definition) is 1. The SMILES string of the molecule is CCC1(CC)CCN(C(=O)C2(CN)CCC2)CC1. The van der Waals surface area contributed by atoms with Gasteiger partial charge < -0.3 is 10.6 Å². The van der Waals surface area contributed by atoms with Gasteiger partial charge >= 0.3 is 0 Å². The van der Waals surface area contributed by atoms with Gasteiger partial charge in [-0.2, -0.15) is 0 Å². The van der Waals surface area contributed by atoms with Gasteiger partial charge in [-0.15, -0.1) is 0 Å². The third-order valence-corrected chi connectivity index (χ3v) is 5.77. The summed E-state index contributed by atoms with van der Waals surface area (Å²) >= 11 is 0. The molecule has 2 rings (SSSR count). The first-order chi connectivity index (χ1) is 8.61. The number of nitrogens with zero attached hydrogens (tertiary/aromatic N) is 1. The number of likely N-dealkylation sites (tertiary alicyclic amines) is 1. The van der Waals surface area contributed by atoms with Gasteiger partial charge in [0.15, 0.2) is 0 Å². The average molecular weight is 252 g/mol. The predicted molar refractivity (Wildman–Crippen MR) is 74.2 cm³/mol. The molecule has 1 amide bonds. The Bertz CT molecular complexity index is 290. The molecule has 2 fully saturated rings. The molecule has 0 aromatic rings. The minimum absolute atomic E-state index is 0.182. The van der Waals surface area contributed by atoms with E-state index in [1.807, 2.05) is 0 Å². The largest absolute Gasteiger partial charge is 0.342 e. The summed E-state index contributed by atoms with van der Waals surface area (Å²) in [5, 5.41) is 0. The van der Waals surface area contributed by atoms with E-state index in [-0.39, 0.29) is 5.41 Å². The summed E-state index contributed by atoms with van der Waals surface area (Å²) in [6, 6.07) is 0. The van der Waals surface area contributed by atoms with Crippen molar-refractivity contribution in [1.82, 2.24) is 4.90 Å². The molecule has 0 aromatic heterocycles. The van der Waals surface area contributed by atoms with Crippen LogP contribution in [0.2, 0.25) is 0 Å². The molecule has 1 saturated carbocycles. The fourth-order valence-corrected chi connectivity index (χ4v) is 3.59. The first-order valence-electron chi connectivity index (χ1n) is 7.61. The van der Waals surface area contributed by atoms with Crippen LogP contribution in [-0.2, 0) is 4.79 Å². The van der Waals surface area contributed by atoms with Crippen LogP contribution < -0.4 is 5.73 Å². The molecule has 104 valence electrons. The maximum atomic E-state index is 12.6. The molecular weight excluding hydrogens is 224 g/mol. The van der Waals surface area contributed by atoms with Gasteiger partial charge in [0.05, 0.1) is 5.41 Å². The van der Waals surface area contributed by atoms with Crippen LogP contribution in [0.15, 0.2) is 0 Å². The van der Waals surface area contributed by atoms with E-state index < -0.39 is 0 Å². The van der Waals surface area contributed by atoms with Gasteiger partial charge in [-0.3, -0.25) is 4.79 Å². The van der Waals surface area contributed by atoms with Crippen LogP contribution in [0.1, 0.15) is 58.8 Å². The zero-order valence-electron chi connectivity index (χ0n) is 12.0. The van der Waals surface area contributed by atoms with Crippen molar-refractivity contribution < 1.29 is 4.79 Å². The molecule has 0 unspecified atom stereocenters. The number of amides is 1. The third kappa shape index (κ3) is 2.18. The molecule has 0 aromatic carbocycles. The first-order valence-corrected chi connectivity index (χ1v) is 7.61. The zero-order valence-corrected chi connectivity index (χ0v) is 12.0. The highest BCUT2D eigenvalue weighted by atomic mass is 16.2. The molecule has 18 heavy (non-hydrogen) atoms. The lowest BCUT2D eigenvalue weighted by Crippen LogP contribution is -2.54. The fourth-order valence-electron chi connectivity index (χ4n) is 3.59. The molecule has 1 saturated heterocycles. The van der Waals surface area contributed by atoms with E-state index in [9.17, 15) is 4.79 Å². The molecular formula is C15H28N2O. The molecule has 3 nitrogen and oxygen atoms in total. The normalized spacial score (nSPS) is 25.6. The number of hydrogen-bond acceptors (Lipinski definition) is 2. The van der Waals surface area contributed by atoms with Crippen molar-refractivity contribution in [2.45, 2.75) is 58.8 Å². The van der Waals surface area contributed by atoms with Crippen molar-refractivity contribution in [2.75, 3.05) is 19.6 Å². The molecule has 1 aliphatic heterocycles. The van der Waals surface area contributed by atoms with E-state index >= 15 is 0 Å². The van der Waals surface area contributed by atoms with Crippen LogP contribution in [0.3, 0.4) is 0 Å². The van der Waals surface area contributed by atoms with Crippen molar-refractivity contribution in [3.05, 3.63) is 0 Å². The van der Waals surface area contributed by atoms with Gasteiger partial charge in [0, 0.05) is 19.6 Å². The highest BCUT2D eigenvalue weighted by Gasteiger charge is 2.46. The van der Waals surface area contributed by atoms with E-state index in [2.05, 4.69) is 18.7 Å². The maximum Gasteiger partial charge on any atom is 0.230 e. The molecule has 3 heteroatoms. The van der Waals surface area contributed by atoms with Crippen LogP contribution >= 0.6 is 0 Å². The Morgan fingerprint density at radius 2 is 1.67 bits per heavy atom. The predicted octanol–water partition coefficient (Wildman–Crippen LogP) is 2.54. The van der Waals surface area contributed by atoms with Crippen LogP contribution in [0.5, 0.6) is 0 Å². The number of piperidine rings is 1. The van der Waals surface area contributed by atoms with Crippen molar-refractivity contribution in [2.24, 2.45) is 16.6 Å². The minimum Gasteiger partial charge on any atom is -0.342 e. The van der Waals surface area contributed by atoms with Gasteiger partial charge in [0.25, 0.3) is 0 Å². The second-order valence-electron chi connectivity index (χ2n) is 6.34. The molecule has 1 aliphatic carbocycles. The van der Waals surface area contributed by atoms with Crippen LogP contribution in [-0.4, -0.2) is 30.4 Å². The van der Waals surface area contributed by atoms with Crippen LogP contribution in [0.25, 0.3) is 0 Å². The van der Waals surface area contributed by atoms with Crippen molar-refractivity contribution in [3.63, 3.8) is 0 Å². The Hall–Kier alpha value is -0.570. The smallest absolute Gasteiger partial charge is 0.230 e. The number of carbonyl (C=O) groups excluding carboxylic acids is 1. The van der Waals surface area contributed by atoms with E-state index in [0.717, 1.165) is 25.9 Å². The van der Waals surface area contributed by atoms with Gasteiger partial charge in [-0.05, 0) is 31.1 Å². The molecule has 2 N–H and O–H groups in total. The quantitative estimate of drug-likeness (QED) is 0.836. The summed E-state index contributed by atoms with van der Waals surface area (Å²) in [7, 11) is 0. The highest BCUT2D eigenvalue weighted by Crippen LogP contribution is 2.44. The van der Waals surface area contributed by atoms with E-state index in [0.29, 0.717) is 17.9 Å². The Morgan fingerprint density at radius 1 is 1.11 bits per heavy atom. The lowest BCUT2D eigenvalue weighted by molar-refractivity contribution is -0.149. The lowest BCUT2D eigenvalue weighted by Gasteiger charge is -2.47. The van der Waals surface area contributed by atoms with Gasteiger partial charge in [0.1, 0.15) is 0 Å². The van der Waals surface area contributed by atoms with Crippen molar-refractivity contribution in [1.29, 1.82) is 0 Å². The number of carbonyl (C=O) groups is 1. The third-order valence-electron chi connectivity index (χ3n) is 5.77. The Kier molecular flexibility index (Phi) is 4.00. The van der Waals surface area contributed by atoms with Gasteiger partial charge in [-0.25, -0.2) is 0 Å². The summed E-state index contributed by atoms with van der Waals surface area (Å²) in [5.74, 6) is 0.344. The molecule has 0 radical (unpaired) electrons. The Morgan fingerprint density at radius 3 is 2.00 bits per heavy atom. The monoisotopic (exact) mass is 252 g/mol. The summed E-state index contributed by atoms with van der Waals surface area (Å²) in [6.07, 6.45) is 8.02. The summed E-state index contributed by atoms with van der Waals surface area (Å²) < 4.78 is 0. The fraction of sp³-hybridized carbons (Fsp3) is 0.933. The number of nitrogens with two attached hydrogens (primary N) is 1. The maximum absolute atomic E-state index is 12.6. The second kappa shape index (κ2) is 5.20. The second-order valence-corrected chi connectivity index (χ2v) is 6.34. The summed E-state index contributed by atoms with van der Waals surface area (Å²) in [6.45, 7) is 7.00. The Labute approximate surface area is 111 Å². The standard InChI is InChI=1S/C15H28N2O/c1-3-14(4-2)8-10-17(11-9-14)13(18)15(12-16)6-5-7-15/h3-12,16H2,1-2H3. The lowest BCUT2D eigenvalue weighted by atomic mass is 9.67. The van der Waals surface area contributed by atoms with E-state index in [1.54, 1.807) is 0 Å². The molecule has 0 bridgehead atoms. The number of rotatable bonds is 4. The van der Waals surface area contributed by atoms with Gasteiger partial charge in [0.2, 0.25) is 5.91 Å². The van der Waals surface area contributed by atoms with E-state index in [1.165, 1.54) is 32.1 Å². The molecule has 0 atom stereocenters. The Balaban J connectivity index is 1.95. The van der Waals surface area contributed by atoms with Crippen LogP contribution in [0, 0.1) is 10.8 Å². The molecule has 1 heterocycles. The topological polar surface area (TPSA) is 46.3 Å². The van der Waals surface area contributed by atoms with Gasteiger partial charge in [-0.1, -0.05) is 33.1 Å². The van der Waals surface area contributed by atoms with E-state index in [4.69, 9.17) is 5.73 Å². The zero-order chi connectivity index (χ0) is 13.2. The molecule has 0 spiro atoms. The average Bonchev–Trinajstić information content (AvgIpc) is 2.38. The van der Waals surface area contributed by atoms with Crippen LogP contribution in [0.4, 0.5) is 0 Å².